The van der Waals surface area contributed by atoms with Gasteiger partial charge in [-0.2, -0.15) is 0 Å². The molecule has 3 N–H and O–H groups in total. The van der Waals surface area contributed by atoms with Crippen molar-refractivity contribution in [2.45, 2.75) is 33.2 Å². The van der Waals surface area contributed by atoms with Gasteiger partial charge in [-0.3, -0.25) is 0 Å². The molecule has 0 fully saturated rings. The normalized spacial score (nSPS) is 11.2. The minimum Gasteiger partial charge on any atom is -0.493 e. The zero-order valence-corrected chi connectivity index (χ0v) is 15.1. The molecule has 8 heteroatoms. The van der Waals surface area contributed by atoms with Crippen molar-refractivity contribution in [1.29, 1.82) is 0 Å². The molecule has 0 atom stereocenters. The van der Waals surface area contributed by atoms with Gasteiger partial charge in [0.05, 0.1) is 6.61 Å². The van der Waals surface area contributed by atoms with Crippen LogP contribution in [0.25, 0.3) is 0 Å². The predicted molar refractivity (Wildman–Crippen MR) is 89.8 cm³/mol. The quantitative estimate of drug-likeness (QED) is 0.619. The van der Waals surface area contributed by atoms with Crippen LogP contribution < -0.4 is 9.47 Å². The topological polar surface area (TPSA) is 99.5 Å². The first-order valence-electron chi connectivity index (χ1n) is 7.47. The molecular formula is C15H28NO6P. The van der Waals surface area contributed by atoms with Gasteiger partial charge < -0.3 is 29.1 Å². The number of benzene rings is 1. The van der Waals surface area contributed by atoms with Crippen LogP contribution in [0, 0.1) is 0 Å². The first-order valence-corrected chi connectivity index (χ1v) is 9.04. The van der Waals surface area contributed by atoms with Crippen molar-refractivity contribution in [3.8, 4) is 11.5 Å². The molecule has 0 aromatic heterocycles. The third kappa shape index (κ3) is 14.2. The van der Waals surface area contributed by atoms with Crippen LogP contribution in [0.1, 0.15) is 27.2 Å². The van der Waals surface area contributed by atoms with Gasteiger partial charge in [0.1, 0.15) is 18.1 Å². The Hall–Kier alpha value is -1.11. The molecule has 1 aromatic rings. The van der Waals surface area contributed by atoms with E-state index in [-0.39, 0.29) is 0 Å². The summed E-state index contributed by atoms with van der Waals surface area (Å²) >= 11 is 0. The van der Waals surface area contributed by atoms with Gasteiger partial charge in [-0.25, -0.2) is 4.57 Å². The number of nitrogens with zero attached hydrogens (tertiary/aromatic N) is 1. The molecule has 0 radical (unpaired) electrons. The van der Waals surface area contributed by atoms with E-state index in [4.69, 9.17) is 28.7 Å². The summed E-state index contributed by atoms with van der Waals surface area (Å²) in [5, 5.41) is 0. The highest BCUT2D eigenvalue weighted by Gasteiger charge is 2.03. The molecule has 0 saturated heterocycles. The Morgan fingerprint density at radius 1 is 1.13 bits per heavy atom. The molecule has 0 spiro atoms. The molecule has 0 aliphatic heterocycles. The van der Waals surface area contributed by atoms with Gasteiger partial charge in [0, 0.05) is 18.7 Å². The summed E-state index contributed by atoms with van der Waals surface area (Å²) in [6, 6.07) is 8.39. The standard InChI is InChI=1S/C15H25NO2.H3O4P/c1-5-10-17-14-7-6-8-15(12-14)18-11-9-16(4)13(2)3;1-5(2,3)4/h6-8,12-13H,5,9-11H2,1-4H3;(H3,1,2,3,4). The Kier molecular flexibility index (Phi) is 10.9. The summed E-state index contributed by atoms with van der Waals surface area (Å²) in [6.07, 6.45) is 1.02. The SMILES string of the molecule is CCCOc1cccc(OCCN(C)C(C)C)c1.O=P(O)(O)O. The summed E-state index contributed by atoms with van der Waals surface area (Å²) in [4.78, 5) is 23.8. The Morgan fingerprint density at radius 2 is 1.61 bits per heavy atom. The number of likely N-dealkylation sites (N-methyl/N-ethyl adjacent to an activating group) is 1. The van der Waals surface area contributed by atoms with Crippen LogP contribution in [0.3, 0.4) is 0 Å². The van der Waals surface area contributed by atoms with Gasteiger partial charge in [-0.05, 0) is 39.4 Å². The molecule has 0 unspecified atom stereocenters. The van der Waals surface area contributed by atoms with Crippen molar-refractivity contribution in [2.75, 3.05) is 26.8 Å². The summed E-state index contributed by atoms with van der Waals surface area (Å²) < 4.78 is 20.2. The fraction of sp³-hybridized carbons (Fsp3) is 0.600. The maximum absolute atomic E-state index is 8.88. The van der Waals surface area contributed by atoms with Gasteiger partial charge in [-0.1, -0.05) is 13.0 Å². The van der Waals surface area contributed by atoms with E-state index in [0.29, 0.717) is 12.6 Å². The van der Waals surface area contributed by atoms with Crippen LogP contribution >= 0.6 is 7.82 Å². The second-order valence-corrected chi connectivity index (χ2v) is 6.29. The molecule has 23 heavy (non-hydrogen) atoms. The van der Waals surface area contributed by atoms with E-state index in [0.717, 1.165) is 31.1 Å². The Labute approximate surface area is 138 Å². The van der Waals surface area contributed by atoms with E-state index in [2.05, 4.69) is 32.7 Å². The summed E-state index contributed by atoms with van der Waals surface area (Å²) in [6.45, 7) is 8.84. The van der Waals surface area contributed by atoms with Crippen LogP contribution in [0.15, 0.2) is 24.3 Å². The molecule has 1 rings (SSSR count). The molecular weight excluding hydrogens is 321 g/mol. The molecule has 134 valence electrons. The molecule has 0 aliphatic rings. The highest BCUT2D eigenvalue weighted by atomic mass is 31.2. The summed E-state index contributed by atoms with van der Waals surface area (Å²) in [5.41, 5.74) is 0. The lowest BCUT2D eigenvalue weighted by molar-refractivity contribution is 0.207. The van der Waals surface area contributed by atoms with E-state index in [1.54, 1.807) is 0 Å². The lowest BCUT2D eigenvalue weighted by atomic mass is 10.3. The maximum atomic E-state index is 8.88. The van der Waals surface area contributed by atoms with E-state index in [9.17, 15) is 0 Å². The fourth-order valence-electron chi connectivity index (χ4n) is 1.44. The van der Waals surface area contributed by atoms with Gasteiger partial charge in [0.25, 0.3) is 0 Å². The van der Waals surface area contributed by atoms with Gasteiger partial charge in [0.2, 0.25) is 0 Å². The maximum Gasteiger partial charge on any atom is 0.466 e. The molecule has 0 heterocycles. The molecule has 0 bridgehead atoms. The number of phosphoric acid groups is 1. The second-order valence-electron chi connectivity index (χ2n) is 5.26. The van der Waals surface area contributed by atoms with Gasteiger partial charge in [0.15, 0.2) is 0 Å². The number of hydrogen-bond acceptors (Lipinski definition) is 4. The van der Waals surface area contributed by atoms with Crippen molar-refractivity contribution in [3.05, 3.63) is 24.3 Å². The van der Waals surface area contributed by atoms with Crippen molar-refractivity contribution < 1.29 is 28.7 Å². The largest absolute Gasteiger partial charge is 0.493 e. The number of rotatable bonds is 8. The van der Waals surface area contributed by atoms with Gasteiger partial charge in [-0.15, -0.1) is 0 Å². The monoisotopic (exact) mass is 349 g/mol. The van der Waals surface area contributed by atoms with Crippen LogP contribution in [-0.2, 0) is 4.57 Å². The lowest BCUT2D eigenvalue weighted by Gasteiger charge is -2.20. The van der Waals surface area contributed by atoms with Crippen molar-refractivity contribution in [3.63, 3.8) is 0 Å². The highest BCUT2D eigenvalue weighted by Crippen LogP contribution is 2.25. The van der Waals surface area contributed by atoms with Gasteiger partial charge >= 0.3 is 7.82 Å². The molecule has 0 amide bonds. The summed E-state index contributed by atoms with van der Waals surface area (Å²) in [5.74, 6) is 1.76. The second kappa shape index (κ2) is 11.4. The third-order valence-electron chi connectivity index (χ3n) is 2.87. The van der Waals surface area contributed by atoms with E-state index >= 15 is 0 Å². The molecule has 0 aliphatic carbocycles. The van der Waals surface area contributed by atoms with Crippen molar-refractivity contribution >= 4 is 7.82 Å². The smallest absolute Gasteiger partial charge is 0.466 e. The Morgan fingerprint density at radius 3 is 2.04 bits per heavy atom. The minimum atomic E-state index is -4.64. The van der Waals surface area contributed by atoms with Crippen LogP contribution in [-0.4, -0.2) is 52.4 Å². The summed E-state index contributed by atoms with van der Waals surface area (Å²) in [7, 11) is -2.53. The predicted octanol–water partition coefficient (Wildman–Crippen LogP) is 2.27. The number of hydrogen-bond donors (Lipinski definition) is 3. The highest BCUT2D eigenvalue weighted by molar-refractivity contribution is 7.45. The molecule has 7 nitrogen and oxygen atoms in total. The Bertz CT molecular complexity index is 469. The number of ether oxygens (including phenoxy) is 2. The van der Waals surface area contributed by atoms with Crippen molar-refractivity contribution in [2.24, 2.45) is 0 Å². The third-order valence-corrected chi connectivity index (χ3v) is 2.87. The fourth-order valence-corrected chi connectivity index (χ4v) is 1.44. The van der Waals surface area contributed by atoms with Crippen LogP contribution in [0.5, 0.6) is 11.5 Å². The van der Waals surface area contributed by atoms with E-state index in [1.807, 2.05) is 24.3 Å². The van der Waals surface area contributed by atoms with E-state index in [1.165, 1.54) is 0 Å². The minimum absolute atomic E-state index is 0.549. The van der Waals surface area contributed by atoms with Crippen LogP contribution in [0.2, 0.25) is 0 Å². The van der Waals surface area contributed by atoms with E-state index < -0.39 is 7.82 Å². The Balaban J connectivity index is 0.000000841. The average Bonchev–Trinajstić information content (AvgIpc) is 2.43. The first kappa shape index (κ1) is 21.9. The zero-order chi connectivity index (χ0) is 17.9. The molecule has 0 saturated carbocycles. The zero-order valence-electron chi connectivity index (χ0n) is 14.2. The first-order chi connectivity index (χ1) is 10.6. The molecule has 1 aromatic carbocycles. The lowest BCUT2D eigenvalue weighted by Crippen LogP contribution is -2.30. The van der Waals surface area contributed by atoms with Crippen molar-refractivity contribution in [1.82, 2.24) is 4.90 Å². The average molecular weight is 349 g/mol. The van der Waals surface area contributed by atoms with Crippen LogP contribution in [0.4, 0.5) is 0 Å².